The summed E-state index contributed by atoms with van der Waals surface area (Å²) in [6.45, 7) is 1.97. The van der Waals surface area contributed by atoms with Crippen molar-refractivity contribution in [3.05, 3.63) is 35.5 Å². The van der Waals surface area contributed by atoms with Gasteiger partial charge >= 0.3 is 0 Å². The van der Waals surface area contributed by atoms with Crippen LogP contribution in [0.3, 0.4) is 0 Å². The van der Waals surface area contributed by atoms with Crippen LogP contribution in [0, 0.1) is 6.92 Å². The van der Waals surface area contributed by atoms with Gasteiger partial charge in [0.2, 0.25) is 0 Å². The van der Waals surface area contributed by atoms with Gasteiger partial charge in [-0.25, -0.2) is 0 Å². The van der Waals surface area contributed by atoms with Gasteiger partial charge in [0.05, 0.1) is 0 Å². The molecule has 0 aliphatic carbocycles. The summed E-state index contributed by atoms with van der Waals surface area (Å²) in [6, 6.07) is 7.74. The Kier molecular flexibility index (Phi) is 2.10. The minimum absolute atomic E-state index is 0.347. The highest BCUT2D eigenvalue weighted by Gasteiger charge is 2.10. The number of nitrogens with zero attached hydrogens (tertiary/aromatic N) is 2. The number of benzene rings is 1. The SMILES string of the molecule is Cc1ccccc1-c1n[nH]nc1C=O. The number of carbonyl (C=O) groups is 1. The van der Waals surface area contributed by atoms with Crippen LogP contribution in [-0.4, -0.2) is 21.7 Å². The van der Waals surface area contributed by atoms with E-state index in [1.54, 1.807) is 0 Å². The van der Waals surface area contributed by atoms with E-state index in [0.717, 1.165) is 11.1 Å². The van der Waals surface area contributed by atoms with E-state index in [2.05, 4.69) is 15.4 Å². The number of rotatable bonds is 2. The molecule has 0 saturated heterocycles. The first-order valence-corrected chi connectivity index (χ1v) is 4.25. The van der Waals surface area contributed by atoms with Crippen LogP contribution in [-0.2, 0) is 0 Å². The number of hydrogen-bond donors (Lipinski definition) is 1. The molecule has 0 radical (unpaired) electrons. The monoisotopic (exact) mass is 187 g/mol. The molecule has 0 unspecified atom stereocenters. The predicted octanol–water partition coefficient (Wildman–Crippen LogP) is 1.59. The van der Waals surface area contributed by atoms with Crippen molar-refractivity contribution < 1.29 is 4.79 Å². The lowest BCUT2D eigenvalue weighted by Gasteiger charge is -2.00. The van der Waals surface area contributed by atoms with Crippen molar-refractivity contribution in [2.24, 2.45) is 0 Å². The van der Waals surface area contributed by atoms with Crippen LogP contribution in [0.1, 0.15) is 16.1 Å². The predicted molar refractivity (Wildman–Crippen MR) is 51.9 cm³/mol. The van der Waals surface area contributed by atoms with E-state index in [9.17, 15) is 4.79 Å². The topological polar surface area (TPSA) is 58.6 Å². The fraction of sp³-hybridized carbons (Fsp3) is 0.100. The molecule has 1 aromatic carbocycles. The highest BCUT2D eigenvalue weighted by Crippen LogP contribution is 2.21. The maximum atomic E-state index is 10.7. The third kappa shape index (κ3) is 1.31. The number of aromatic nitrogens is 3. The molecular formula is C10H9N3O. The Morgan fingerprint density at radius 1 is 1.29 bits per heavy atom. The smallest absolute Gasteiger partial charge is 0.172 e. The molecule has 2 rings (SSSR count). The number of hydrogen-bond acceptors (Lipinski definition) is 3. The average molecular weight is 187 g/mol. The molecule has 4 heteroatoms. The number of H-pyrrole nitrogens is 1. The Bertz CT molecular complexity index is 462. The molecule has 1 N–H and O–H groups in total. The zero-order valence-corrected chi connectivity index (χ0v) is 7.69. The van der Waals surface area contributed by atoms with E-state index in [1.807, 2.05) is 31.2 Å². The van der Waals surface area contributed by atoms with Crippen molar-refractivity contribution in [3.8, 4) is 11.3 Å². The van der Waals surface area contributed by atoms with E-state index in [1.165, 1.54) is 0 Å². The highest BCUT2D eigenvalue weighted by molar-refractivity contribution is 5.83. The van der Waals surface area contributed by atoms with Gasteiger partial charge < -0.3 is 0 Å². The van der Waals surface area contributed by atoms with Crippen LogP contribution in [0.2, 0.25) is 0 Å². The normalized spacial score (nSPS) is 10.1. The summed E-state index contributed by atoms with van der Waals surface area (Å²) in [7, 11) is 0. The van der Waals surface area contributed by atoms with Crippen molar-refractivity contribution in [1.29, 1.82) is 0 Å². The number of carbonyl (C=O) groups excluding carboxylic acids is 1. The average Bonchev–Trinajstić information content (AvgIpc) is 2.66. The van der Waals surface area contributed by atoms with Gasteiger partial charge in [0, 0.05) is 5.56 Å². The van der Waals surface area contributed by atoms with Crippen LogP contribution in [0.4, 0.5) is 0 Å². The van der Waals surface area contributed by atoms with E-state index in [0.29, 0.717) is 17.7 Å². The second-order valence-electron chi connectivity index (χ2n) is 2.99. The molecule has 0 spiro atoms. The summed E-state index contributed by atoms with van der Waals surface area (Å²) in [4.78, 5) is 10.7. The second-order valence-corrected chi connectivity index (χ2v) is 2.99. The number of aryl methyl sites for hydroxylation is 1. The van der Waals surface area contributed by atoms with Crippen LogP contribution >= 0.6 is 0 Å². The molecule has 2 aromatic rings. The van der Waals surface area contributed by atoms with Gasteiger partial charge in [0.1, 0.15) is 5.69 Å². The van der Waals surface area contributed by atoms with E-state index in [-0.39, 0.29) is 0 Å². The Hall–Kier alpha value is -1.97. The van der Waals surface area contributed by atoms with Crippen molar-refractivity contribution in [2.45, 2.75) is 6.92 Å². The minimum Gasteiger partial charge on any atom is -0.296 e. The van der Waals surface area contributed by atoms with Gasteiger partial charge in [-0.05, 0) is 12.5 Å². The standard InChI is InChI=1S/C10H9N3O/c1-7-4-2-3-5-8(7)10-9(6-14)11-13-12-10/h2-6H,1H3,(H,11,12,13). The Morgan fingerprint density at radius 2 is 2.07 bits per heavy atom. The molecule has 0 saturated carbocycles. The van der Waals surface area contributed by atoms with Crippen molar-refractivity contribution in [2.75, 3.05) is 0 Å². The third-order valence-electron chi connectivity index (χ3n) is 2.09. The molecule has 70 valence electrons. The Labute approximate surface area is 81.0 Å². The van der Waals surface area contributed by atoms with Crippen LogP contribution < -0.4 is 0 Å². The minimum atomic E-state index is 0.347. The van der Waals surface area contributed by atoms with E-state index < -0.39 is 0 Å². The van der Waals surface area contributed by atoms with Gasteiger partial charge in [-0.3, -0.25) is 4.79 Å². The van der Waals surface area contributed by atoms with E-state index >= 15 is 0 Å². The molecule has 14 heavy (non-hydrogen) atoms. The largest absolute Gasteiger partial charge is 0.296 e. The molecule has 1 heterocycles. The molecule has 0 aliphatic heterocycles. The fourth-order valence-electron chi connectivity index (χ4n) is 1.36. The van der Waals surface area contributed by atoms with Gasteiger partial charge in [0.15, 0.2) is 12.0 Å². The second kappa shape index (κ2) is 3.41. The van der Waals surface area contributed by atoms with Crippen LogP contribution in [0.25, 0.3) is 11.3 Å². The molecule has 0 atom stereocenters. The lowest BCUT2D eigenvalue weighted by Crippen LogP contribution is -1.88. The summed E-state index contributed by atoms with van der Waals surface area (Å²) in [5.41, 5.74) is 2.96. The lowest BCUT2D eigenvalue weighted by molar-refractivity contribution is 0.111. The molecule has 0 aliphatic rings. The zero-order valence-electron chi connectivity index (χ0n) is 7.69. The van der Waals surface area contributed by atoms with Gasteiger partial charge in [-0.15, -0.1) is 0 Å². The van der Waals surface area contributed by atoms with Crippen LogP contribution in [0.5, 0.6) is 0 Å². The molecule has 0 fully saturated rings. The maximum Gasteiger partial charge on any atom is 0.172 e. The molecule has 4 nitrogen and oxygen atoms in total. The Morgan fingerprint density at radius 3 is 2.79 bits per heavy atom. The fourth-order valence-corrected chi connectivity index (χ4v) is 1.36. The number of aldehydes is 1. The highest BCUT2D eigenvalue weighted by atomic mass is 16.1. The molecular weight excluding hydrogens is 178 g/mol. The lowest BCUT2D eigenvalue weighted by atomic mass is 10.1. The quantitative estimate of drug-likeness (QED) is 0.726. The van der Waals surface area contributed by atoms with Crippen molar-refractivity contribution in [3.63, 3.8) is 0 Å². The first kappa shape index (κ1) is 8.62. The van der Waals surface area contributed by atoms with Gasteiger partial charge in [0.25, 0.3) is 0 Å². The number of nitrogens with one attached hydrogen (secondary N) is 1. The zero-order chi connectivity index (χ0) is 9.97. The van der Waals surface area contributed by atoms with Crippen molar-refractivity contribution >= 4 is 6.29 Å². The summed E-state index contributed by atoms with van der Waals surface area (Å²) < 4.78 is 0. The number of aromatic amines is 1. The summed E-state index contributed by atoms with van der Waals surface area (Å²) in [5.74, 6) is 0. The van der Waals surface area contributed by atoms with Crippen LogP contribution in [0.15, 0.2) is 24.3 Å². The third-order valence-corrected chi connectivity index (χ3v) is 2.09. The molecule has 0 bridgehead atoms. The summed E-state index contributed by atoms with van der Waals surface area (Å²) in [5, 5.41) is 10.1. The summed E-state index contributed by atoms with van der Waals surface area (Å²) in [6.07, 6.45) is 0.700. The first-order valence-electron chi connectivity index (χ1n) is 4.25. The maximum absolute atomic E-state index is 10.7. The molecule has 0 amide bonds. The first-order chi connectivity index (χ1) is 6.83. The van der Waals surface area contributed by atoms with Gasteiger partial charge in [-0.1, -0.05) is 24.3 Å². The summed E-state index contributed by atoms with van der Waals surface area (Å²) >= 11 is 0. The Balaban J connectivity index is 2.60. The van der Waals surface area contributed by atoms with Crippen molar-refractivity contribution in [1.82, 2.24) is 15.4 Å². The van der Waals surface area contributed by atoms with Gasteiger partial charge in [-0.2, -0.15) is 15.4 Å². The van der Waals surface area contributed by atoms with E-state index in [4.69, 9.17) is 0 Å². The molecule has 1 aromatic heterocycles.